The van der Waals surface area contributed by atoms with Crippen LogP contribution in [0.5, 0.6) is 0 Å². The highest BCUT2D eigenvalue weighted by molar-refractivity contribution is 9.14. The van der Waals surface area contributed by atoms with Crippen LogP contribution in [0.3, 0.4) is 0 Å². The van der Waals surface area contributed by atoms with Crippen molar-refractivity contribution in [1.29, 1.82) is 5.26 Å². The lowest BCUT2D eigenvalue weighted by molar-refractivity contribution is 0.167. The van der Waals surface area contributed by atoms with E-state index >= 15 is 0 Å². The summed E-state index contributed by atoms with van der Waals surface area (Å²) in [6, 6.07) is 1.99. The van der Waals surface area contributed by atoms with Gasteiger partial charge >= 0.3 is 0 Å². The first-order valence-electron chi connectivity index (χ1n) is 2.70. The fourth-order valence-electron chi connectivity index (χ4n) is 0.319. The van der Waals surface area contributed by atoms with Crippen molar-refractivity contribution in [1.82, 2.24) is 0 Å². The topological polar surface area (TPSA) is 33.0 Å². The van der Waals surface area contributed by atoms with Crippen LogP contribution in [0.4, 0.5) is 0 Å². The summed E-state index contributed by atoms with van der Waals surface area (Å²) < 4.78 is 5.99. The lowest BCUT2D eigenvalue weighted by atomic mass is 10.5. The zero-order chi connectivity index (χ0) is 7.82. The van der Waals surface area contributed by atoms with E-state index in [4.69, 9.17) is 10.00 Å². The van der Waals surface area contributed by atoms with Gasteiger partial charge < -0.3 is 4.74 Å². The van der Waals surface area contributed by atoms with Gasteiger partial charge in [0.15, 0.2) is 0 Å². The predicted octanol–water partition coefficient (Wildman–Crippen LogP) is 2.55. The molecule has 0 saturated carbocycles. The highest BCUT2D eigenvalue weighted by atomic mass is 79.9. The third-order valence-corrected chi connectivity index (χ3v) is 2.34. The summed E-state index contributed by atoms with van der Waals surface area (Å²) in [5, 5.41) is 8.12. The number of nitrogens with zero attached hydrogens (tertiary/aromatic N) is 1. The maximum absolute atomic E-state index is 8.12. The highest BCUT2D eigenvalue weighted by Gasteiger charge is 1.89. The number of ether oxygens (including phenoxy) is 1. The van der Waals surface area contributed by atoms with E-state index in [2.05, 4.69) is 31.9 Å². The Morgan fingerprint density at radius 2 is 2.40 bits per heavy atom. The van der Waals surface area contributed by atoms with Crippen LogP contribution in [0.25, 0.3) is 0 Å². The van der Waals surface area contributed by atoms with Gasteiger partial charge in [-0.3, -0.25) is 0 Å². The van der Waals surface area contributed by atoms with Crippen LogP contribution in [0.15, 0.2) is 9.47 Å². The summed E-state index contributed by atoms with van der Waals surface area (Å²) in [6.45, 7) is 1.01. The molecular weight excluding hydrogens is 262 g/mol. The van der Waals surface area contributed by atoms with Gasteiger partial charge in [-0.1, -0.05) is 31.9 Å². The SMILES string of the molecule is N#CCCOC/C(Br)=C\Br. The van der Waals surface area contributed by atoms with Crippen LogP contribution in [0.2, 0.25) is 0 Å². The van der Waals surface area contributed by atoms with Gasteiger partial charge in [0.2, 0.25) is 0 Å². The normalized spacial score (nSPS) is 11.1. The Balaban J connectivity index is 3.14. The quantitative estimate of drug-likeness (QED) is 0.735. The molecule has 0 fully saturated rings. The summed E-state index contributed by atoms with van der Waals surface area (Å²) in [4.78, 5) is 1.74. The number of nitriles is 1. The van der Waals surface area contributed by atoms with E-state index in [0.29, 0.717) is 19.6 Å². The predicted molar refractivity (Wildman–Crippen MR) is 47.0 cm³/mol. The van der Waals surface area contributed by atoms with Gasteiger partial charge in [0, 0.05) is 4.48 Å². The summed E-state index contributed by atoms with van der Waals surface area (Å²) >= 11 is 6.37. The molecule has 0 aliphatic rings. The minimum atomic E-state index is 0.447. The first kappa shape index (κ1) is 10.2. The van der Waals surface area contributed by atoms with E-state index in [0.717, 1.165) is 4.48 Å². The van der Waals surface area contributed by atoms with Crippen LogP contribution < -0.4 is 0 Å². The lowest BCUT2D eigenvalue weighted by Crippen LogP contribution is -1.94. The summed E-state index contributed by atoms with van der Waals surface area (Å²) in [7, 11) is 0. The molecule has 0 heterocycles. The Kier molecular flexibility index (Phi) is 7.37. The molecule has 56 valence electrons. The van der Waals surface area contributed by atoms with E-state index in [9.17, 15) is 0 Å². The Labute approximate surface area is 77.1 Å². The van der Waals surface area contributed by atoms with E-state index in [1.807, 2.05) is 6.07 Å². The van der Waals surface area contributed by atoms with Gasteiger partial charge in [0.25, 0.3) is 0 Å². The van der Waals surface area contributed by atoms with Crippen molar-refractivity contribution in [2.45, 2.75) is 6.42 Å². The molecule has 0 radical (unpaired) electrons. The van der Waals surface area contributed by atoms with Crippen LogP contribution in [-0.2, 0) is 4.74 Å². The standard InChI is InChI=1S/C6H7Br2NO/c7-4-6(8)5-10-3-1-2-9/h4H,1,3,5H2/b6-4+. The van der Waals surface area contributed by atoms with E-state index in [-0.39, 0.29) is 0 Å². The molecule has 0 aromatic carbocycles. The number of halogens is 2. The molecule has 0 saturated heterocycles. The molecule has 10 heavy (non-hydrogen) atoms. The average molecular weight is 269 g/mol. The molecule has 0 aromatic rings. The molecule has 0 spiro atoms. The van der Waals surface area contributed by atoms with Crippen molar-refractivity contribution in [2.75, 3.05) is 13.2 Å². The highest BCUT2D eigenvalue weighted by Crippen LogP contribution is 2.07. The van der Waals surface area contributed by atoms with Gasteiger partial charge in [0.05, 0.1) is 25.7 Å². The molecule has 0 atom stereocenters. The van der Waals surface area contributed by atoms with E-state index < -0.39 is 0 Å². The number of rotatable bonds is 4. The minimum Gasteiger partial charge on any atom is -0.375 e. The van der Waals surface area contributed by atoms with Gasteiger partial charge in [-0.2, -0.15) is 5.26 Å². The first-order valence-corrected chi connectivity index (χ1v) is 4.41. The molecule has 0 aliphatic carbocycles. The van der Waals surface area contributed by atoms with Crippen LogP contribution in [-0.4, -0.2) is 13.2 Å². The number of hydrogen-bond donors (Lipinski definition) is 0. The molecule has 0 aliphatic heterocycles. The van der Waals surface area contributed by atoms with Crippen LogP contribution >= 0.6 is 31.9 Å². The van der Waals surface area contributed by atoms with Crippen molar-refractivity contribution in [3.63, 3.8) is 0 Å². The third kappa shape index (κ3) is 6.27. The largest absolute Gasteiger partial charge is 0.375 e. The van der Waals surface area contributed by atoms with Crippen molar-refractivity contribution in [3.8, 4) is 6.07 Å². The van der Waals surface area contributed by atoms with Gasteiger partial charge in [-0.15, -0.1) is 0 Å². The van der Waals surface area contributed by atoms with E-state index in [1.165, 1.54) is 0 Å². The second-order valence-corrected chi connectivity index (χ2v) is 2.99. The van der Waals surface area contributed by atoms with Gasteiger partial charge in [0.1, 0.15) is 0 Å². The first-order chi connectivity index (χ1) is 4.81. The van der Waals surface area contributed by atoms with Crippen LogP contribution in [0.1, 0.15) is 6.42 Å². The molecule has 0 N–H and O–H groups in total. The average Bonchev–Trinajstić information content (AvgIpc) is 1.98. The van der Waals surface area contributed by atoms with Crippen LogP contribution in [0, 0.1) is 11.3 Å². The monoisotopic (exact) mass is 267 g/mol. The smallest absolute Gasteiger partial charge is 0.0787 e. The Morgan fingerprint density at radius 1 is 1.70 bits per heavy atom. The summed E-state index contributed by atoms with van der Waals surface area (Å²) in [5.41, 5.74) is 0. The Hall–Kier alpha value is 0.150. The molecule has 0 aromatic heterocycles. The molecule has 0 amide bonds. The van der Waals surface area contributed by atoms with E-state index in [1.54, 1.807) is 4.99 Å². The molecule has 0 bridgehead atoms. The molecule has 0 unspecified atom stereocenters. The van der Waals surface area contributed by atoms with Crippen molar-refractivity contribution in [2.24, 2.45) is 0 Å². The second-order valence-electron chi connectivity index (χ2n) is 1.52. The lowest BCUT2D eigenvalue weighted by Gasteiger charge is -1.97. The fraction of sp³-hybridized carbons (Fsp3) is 0.500. The maximum Gasteiger partial charge on any atom is 0.0787 e. The Morgan fingerprint density at radius 3 is 2.90 bits per heavy atom. The van der Waals surface area contributed by atoms with Crippen molar-refractivity contribution >= 4 is 31.9 Å². The molecule has 0 rings (SSSR count). The van der Waals surface area contributed by atoms with Gasteiger partial charge in [-0.05, 0) is 4.99 Å². The summed E-state index contributed by atoms with van der Waals surface area (Å²) in [5.74, 6) is 0. The van der Waals surface area contributed by atoms with Crippen molar-refractivity contribution < 1.29 is 4.74 Å². The minimum absolute atomic E-state index is 0.447. The fourth-order valence-corrected chi connectivity index (χ4v) is 0.613. The summed E-state index contributed by atoms with van der Waals surface area (Å²) in [6.07, 6.45) is 0.447. The zero-order valence-corrected chi connectivity index (χ0v) is 8.48. The number of hydrogen-bond acceptors (Lipinski definition) is 2. The Bertz CT molecular complexity index is 150. The van der Waals surface area contributed by atoms with Gasteiger partial charge in [-0.25, -0.2) is 0 Å². The second kappa shape index (κ2) is 7.26. The molecule has 2 nitrogen and oxygen atoms in total. The maximum atomic E-state index is 8.12. The zero-order valence-electron chi connectivity index (χ0n) is 5.31. The molecule has 4 heteroatoms. The molecular formula is C6H7Br2NO. The van der Waals surface area contributed by atoms with Crippen molar-refractivity contribution in [3.05, 3.63) is 9.47 Å². The third-order valence-electron chi connectivity index (χ3n) is 0.717.